The van der Waals surface area contributed by atoms with Crippen molar-refractivity contribution < 1.29 is 9.47 Å². The van der Waals surface area contributed by atoms with Crippen molar-refractivity contribution in [1.29, 1.82) is 0 Å². The molecule has 3 rings (SSSR count). The van der Waals surface area contributed by atoms with Gasteiger partial charge < -0.3 is 15.2 Å². The molecule has 0 radical (unpaired) electrons. The number of rotatable bonds is 6. The van der Waals surface area contributed by atoms with Crippen molar-refractivity contribution in [2.75, 3.05) is 7.11 Å². The van der Waals surface area contributed by atoms with E-state index in [1.807, 2.05) is 60.7 Å². The lowest BCUT2D eigenvalue weighted by molar-refractivity contribution is 0.294. The average Bonchev–Trinajstić information content (AvgIpc) is 2.67. The van der Waals surface area contributed by atoms with Crippen LogP contribution in [0.5, 0.6) is 11.6 Å². The number of hydrogen-bond donors (Lipinski definition) is 1. The highest BCUT2D eigenvalue weighted by Gasteiger charge is 2.06. The molecule has 0 bridgehead atoms. The van der Waals surface area contributed by atoms with Crippen molar-refractivity contribution in [2.45, 2.75) is 13.2 Å². The van der Waals surface area contributed by atoms with E-state index in [1.165, 1.54) is 0 Å². The van der Waals surface area contributed by atoms with E-state index in [0.717, 1.165) is 28.0 Å². The lowest BCUT2D eigenvalue weighted by Gasteiger charge is -2.10. The van der Waals surface area contributed by atoms with Crippen LogP contribution in [0, 0.1) is 0 Å². The predicted molar refractivity (Wildman–Crippen MR) is 94.9 cm³/mol. The molecule has 3 aromatic rings. The van der Waals surface area contributed by atoms with Gasteiger partial charge in [-0.3, -0.25) is 0 Å². The Kier molecular flexibility index (Phi) is 5.08. The fourth-order valence-electron chi connectivity index (χ4n) is 2.46. The Balaban J connectivity index is 1.72. The number of methoxy groups -OCH3 is 1. The first-order chi connectivity index (χ1) is 11.8. The maximum Gasteiger partial charge on any atom is 0.213 e. The van der Waals surface area contributed by atoms with E-state index in [-0.39, 0.29) is 0 Å². The molecule has 0 unspecified atom stereocenters. The van der Waals surface area contributed by atoms with Crippen LogP contribution in [0.4, 0.5) is 0 Å². The fourth-order valence-corrected chi connectivity index (χ4v) is 2.46. The molecule has 0 aliphatic carbocycles. The molecular formula is C20H20N2O2. The molecule has 0 aliphatic rings. The monoisotopic (exact) mass is 320 g/mol. The molecule has 4 nitrogen and oxygen atoms in total. The van der Waals surface area contributed by atoms with Gasteiger partial charge in [0.1, 0.15) is 12.4 Å². The highest BCUT2D eigenvalue weighted by Crippen LogP contribution is 2.27. The Labute approximate surface area is 141 Å². The molecule has 24 heavy (non-hydrogen) atoms. The standard InChI is InChI=1S/C20H20N2O2/c1-23-19-11-16(7-8-17(19)12-21)18-9-10-20(22-13-18)24-14-15-5-3-2-4-6-15/h2-11,13H,12,14,21H2,1H3. The Bertz CT molecular complexity index is 786. The van der Waals surface area contributed by atoms with Crippen LogP contribution in [-0.2, 0) is 13.2 Å². The Morgan fingerprint density at radius 1 is 0.958 bits per heavy atom. The molecule has 2 aromatic carbocycles. The third-order valence-corrected chi connectivity index (χ3v) is 3.81. The maximum atomic E-state index is 5.71. The second kappa shape index (κ2) is 7.62. The molecule has 0 atom stereocenters. The van der Waals surface area contributed by atoms with Crippen molar-refractivity contribution in [2.24, 2.45) is 5.73 Å². The van der Waals surface area contributed by atoms with E-state index in [4.69, 9.17) is 15.2 Å². The van der Waals surface area contributed by atoms with Crippen molar-refractivity contribution in [3.63, 3.8) is 0 Å². The quantitative estimate of drug-likeness (QED) is 0.750. The van der Waals surface area contributed by atoms with Gasteiger partial charge in [0.05, 0.1) is 7.11 Å². The Morgan fingerprint density at radius 3 is 2.42 bits per heavy atom. The molecule has 4 heteroatoms. The van der Waals surface area contributed by atoms with Crippen LogP contribution >= 0.6 is 0 Å². The number of aromatic nitrogens is 1. The minimum Gasteiger partial charge on any atom is -0.496 e. The number of pyridine rings is 1. The highest BCUT2D eigenvalue weighted by molar-refractivity contribution is 5.65. The number of nitrogens with zero attached hydrogens (tertiary/aromatic N) is 1. The summed E-state index contributed by atoms with van der Waals surface area (Å²) in [6.45, 7) is 0.959. The zero-order valence-electron chi connectivity index (χ0n) is 13.6. The first kappa shape index (κ1) is 16.0. The van der Waals surface area contributed by atoms with Gasteiger partial charge in [-0.1, -0.05) is 42.5 Å². The molecular weight excluding hydrogens is 300 g/mol. The summed E-state index contributed by atoms with van der Waals surface area (Å²) >= 11 is 0. The minimum atomic E-state index is 0.452. The SMILES string of the molecule is COc1cc(-c2ccc(OCc3ccccc3)nc2)ccc1CN. The third kappa shape index (κ3) is 3.73. The topological polar surface area (TPSA) is 57.4 Å². The summed E-state index contributed by atoms with van der Waals surface area (Å²) in [5.41, 5.74) is 9.84. The summed E-state index contributed by atoms with van der Waals surface area (Å²) in [5, 5.41) is 0. The third-order valence-electron chi connectivity index (χ3n) is 3.81. The lowest BCUT2D eigenvalue weighted by Crippen LogP contribution is -2.00. The first-order valence-electron chi connectivity index (χ1n) is 7.80. The molecule has 0 saturated heterocycles. The molecule has 122 valence electrons. The van der Waals surface area contributed by atoms with Gasteiger partial charge >= 0.3 is 0 Å². The Hall–Kier alpha value is -2.85. The zero-order valence-corrected chi connectivity index (χ0v) is 13.6. The van der Waals surface area contributed by atoms with Gasteiger partial charge in [-0.15, -0.1) is 0 Å². The van der Waals surface area contributed by atoms with Crippen LogP contribution < -0.4 is 15.2 Å². The average molecular weight is 320 g/mol. The van der Waals surface area contributed by atoms with E-state index >= 15 is 0 Å². The van der Waals surface area contributed by atoms with E-state index in [0.29, 0.717) is 19.0 Å². The molecule has 0 saturated carbocycles. The summed E-state index contributed by atoms with van der Waals surface area (Å²) in [6, 6.07) is 19.9. The predicted octanol–water partition coefficient (Wildman–Crippen LogP) is 3.79. The summed E-state index contributed by atoms with van der Waals surface area (Å²) < 4.78 is 11.1. The van der Waals surface area contributed by atoms with Crippen LogP contribution in [0.3, 0.4) is 0 Å². The van der Waals surface area contributed by atoms with Gasteiger partial charge in [0.25, 0.3) is 0 Å². The van der Waals surface area contributed by atoms with Gasteiger partial charge in [-0.25, -0.2) is 4.98 Å². The minimum absolute atomic E-state index is 0.452. The van der Waals surface area contributed by atoms with Gasteiger partial charge in [0, 0.05) is 29.9 Å². The van der Waals surface area contributed by atoms with Gasteiger partial charge in [-0.05, 0) is 23.3 Å². The summed E-state index contributed by atoms with van der Waals surface area (Å²) in [5.74, 6) is 1.40. The van der Waals surface area contributed by atoms with Crippen molar-refractivity contribution in [3.8, 4) is 22.8 Å². The summed E-state index contributed by atoms with van der Waals surface area (Å²) in [6.07, 6.45) is 1.80. The van der Waals surface area contributed by atoms with Crippen molar-refractivity contribution in [3.05, 3.63) is 78.0 Å². The van der Waals surface area contributed by atoms with E-state index in [2.05, 4.69) is 4.98 Å². The zero-order chi connectivity index (χ0) is 16.8. The number of nitrogens with two attached hydrogens (primary N) is 1. The molecule has 1 aromatic heterocycles. The van der Waals surface area contributed by atoms with Crippen LogP contribution in [-0.4, -0.2) is 12.1 Å². The lowest BCUT2D eigenvalue weighted by atomic mass is 10.0. The first-order valence-corrected chi connectivity index (χ1v) is 7.80. The Morgan fingerprint density at radius 2 is 1.75 bits per heavy atom. The van der Waals surface area contributed by atoms with Crippen molar-refractivity contribution in [1.82, 2.24) is 4.98 Å². The number of ether oxygens (including phenoxy) is 2. The van der Waals surface area contributed by atoms with E-state index in [1.54, 1.807) is 13.3 Å². The molecule has 0 aliphatic heterocycles. The molecule has 0 spiro atoms. The fraction of sp³-hybridized carbons (Fsp3) is 0.150. The molecule has 2 N–H and O–H groups in total. The summed E-state index contributed by atoms with van der Waals surface area (Å²) in [4.78, 5) is 4.38. The largest absolute Gasteiger partial charge is 0.496 e. The molecule has 0 fully saturated rings. The second-order valence-corrected chi connectivity index (χ2v) is 5.39. The van der Waals surface area contributed by atoms with E-state index in [9.17, 15) is 0 Å². The van der Waals surface area contributed by atoms with Crippen LogP contribution in [0.1, 0.15) is 11.1 Å². The highest BCUT2D eigenvalue weighted by atomic mass is 16.5. The van der Waals surface area contributed by atoms with Crippen LogP contribution in [0.15, 0.2) is 66.9 Å². The smallest absolute Gasteiger partial charge is 0.213 e. The molecule has 1 heterocycles. The van der Waals surface area contributed by atoms with Gasteiger partial charge in [0.2, 0.25) is 5.88 Å². The molecule has 0 amide bonds. The normalized spacial score (nSPS) is 10.4. The summed E-state index contributed by atoms with van der Waals surface area (Å²) in [7, 11) is 1.65. The number of benzene rings is 2. The van der Waals surface area contributed by atoms with Crippen LogP contribution in [0.25, 0.3) is 11.1 Å². The maximum absolute atomic E-state index is 5.71. The van der Waals surface area contributed by atoms with Crippen molar-refractivity contribution >= 4 is 0 Å². The van der Waals surface area contributed by atoms with Crippen LogP contribution in [0.2, 0.25) is 0 Å². The van der Waals surface area contributed by atoms with E-state index < -0.39 is 0 Å². The van der Waals surface area contributed by atoms with Gasteiger partial charge in [-0.2, -0.15) is 0 Å². The second-order valence-electron chi connectivity index (χ2n) is 5.39. The van der Waals surface area contributed by atoms with Gasteiger partial charge in [0.15, 0.2) is 0 Å². The number of hydrogen-bond acceptors (Lipinski definition) is 4.